The molecule has 1 saturated carbocycles. The van der Waals surface area contributed by atoms with Crippen LogP contribution in [0, 0.1) is 11.3 Å². The Balaban J connectivity index is 2.33. The van der Waals surface area contributed by atoms with Crippen molar-refractivity contribution in [3.05, 3.63) is 0 Å². The van der Waals surface area contributed by atoms with Crippen molar-refractivity contribution >= 4 is 5.84 Å². The van der Waals surface area contributed by atoms with Crippen LogP contribution in [0.3, 0.4) is 0 Å². The third kappa shape index (κ3) is 5.56. The van der Waals surface area contributed by atoms with Gasteiger partial charge in [-0.3, -0.25) is 4.99 Å². The lowest BCUT2D eigenvalue weighted by atomic mass is 9.87. The van der Waals surface area contributed by atoms with Crippen molar-refractivity contribution in [2.24, 2.45) is 22.1 Å². The first kappa shape index (κ1) is 14.5. The summed E-state index contributed by atoms with van der Waals surface area (Å²) in [5.74, 6) is 1.51. The molecule has 0 spiro atoms. The summed E-state index contributed by atoms with van der Waals surface area (Å²) in [6, 6.07) is 0. The number of hydrogen-bond donors (Lipinski definition) is 1. The van der Waals surface area contributed by atoms with E-state index in [4.69, 9.17) is 5.73 Å². The van der Waals surface area contributed by atoms with Gasteiger partial charge in [0.15, 0.2) is 0 Å². The number of unbranched alkanes of at least 4 members (excludes halogenated alkanes) is 2. The summed E-state index contributed by atoms with van der Waals surface area (Å²) in [5.41, 5.74) is 6.41. The highest BCUT2D eigenvalue weighted by atomic mass is 14.9. The van der Waals surface area contributed by atoms with E-state index in [1.165, 1.54) is 51.4 Å². The monoisotopic (exact) mass is 238 g/mol. The molecule has 1 rings (SSSR count). The fourth-order valence-corrected chi connectivity index (χ4v) is 2.59. The van der Waals surface area contributed by atoms with Gasteiger partial charge in [-0.1, -0.05) is 52.9 Å². The predicted molar refractivity (Wildman–Crippen MR) is 76.4 cm³/mol. The van der Waals surface area contributed by atoms with Gasteiger partial charge in [0, 0.05) is 12.5 Å². The Morgan fingerprint density at radius 2 is 1.88 bits per heavy atom. The topological polar surface area (TPSA) is 38.4 Å². The summed E-state index contributed by atoms with van der Waals surface area (Å²) < 4.78 is 0. The maximum absolute atomic E-state index is 6.09. The van der Waals surface area contributed by atoms with Crippen LogP contribution >= 0.6 is 0 Å². The van der Waals surface area contributed by atoms with Gasteiger partial charge in [0.2, 0.25) is 0 Å². The third-order valence-corrected chi connectivity index (χ3v) is 3.92. The lowest BCUT2D eigenvalue weighted by Crippen LogP contribution is -2.25. The molecule has 0 unspecified atom stereocenters. The van der Waals surface area contributed by atoms with Crippen LogP contribution in [0.25, 0.3) is 0 Å². The minimum Gasteiger partial charge on any atom is -0.387 e. The van der Waals surface area contributed by atoms with Gasteiger partial charge < -0.3 is 5.73 Å². The van der Waals surface area contributed by atoms with Gasteiger partial charge in [0.05, 0.1) is 5.84 Å². The summed E-state index contributed by atoms with van der Waals surface area (Å²) in [6.07, 6.45) is 10.4. The van der Waals surface area contributed by atoms with E-state index in [2.05, 4.69) is 25.8 Å². The molecule has 1 fully saturated rings. The molecule has 0 atom stereocenters. The molecular formula is C15H30N2. The Hall–Kier alpha value is -0.530. The fourth-order valence-electron chi connectivity index (χ4n) is 2.59. The Kier molecular flexibility index (Phi) is 6.01. The smallest absolute Gasteiger partial charge is 0.0968 e. The molecule has 0 saturated heterocycles. The van der Waals surface area contributed by atoms with Crippen LogP contribution in [-0.4, -0.2) is 12.4 Å². The van der Waals surface area contributed by atoms with Gasteiger partial charge in [-0.2, -0.15) is 0 Å². The number of amidine groups is 1. The maximum Gasteiger partial charge on any atom is 0.0968 e. The molecule has 17 heavy (non-hydrogen) atoms. The van der Waals surface area contributed by atoms with Crippen LogP contribution in [0.4, 0.5) is 0 Å². The second-order valence-corrected chi connectivity index (χ2v) is 6.34. The predicted octanol–water partition coefficient (Wildman–Crippen LogP) is 4.14. The first-order valence-corrected chi connectivity index (χ1v) is 7.35. The van der Waals surface area contributed by atoms with Crippen LogP contribution in [0.15, 0.2) is 4.99 Å². The SMILES string of the molecule is CCCCCC(C)(C)CN=C(N)C1CCCC1. The van der Waals surface area contributed by atoms with Gasteiger partial charge in [-0.25, -0.2) is 0 Å². The summed E-state index contributed by atoms with van der Waals surface area (Å²) in [4.78, 5) is 4.65. The Morgan fingerprint density at radius 3 is 2.47 bits per heavy atom. The molecule has 0 bridgehead atoms. The van der Waals surface area contributed by atoms with E-state index >= 15 is 0 Å². The van der Waals surface area contributed by atoms with Crippen molar-refractivity contribution in [3.8, 4) is 0 Å². The first-order chi connectivity index (χ1) is 8.05. The van der Waals surface area contributed by atoms with E-state index in [9.17, 15) is 0 Å². The second kappa shape index (κ2) is 7.03. The highest BCUT2D eigenvalue weighted by molar-refractivity contribution is 5.83. The molecule has 0 aromatic heterocycles. The molecule has 100 valence electrons. The van der Waals surface area contributed by atoms with Gasteiger partial charge in [0.1, 0.15) is 0 Å². The molecule has 2 nitrogen and oxygen atoms in total. The van der Waals surface area contributed by atoms with E-state index in [0.29, 0.717) is 11.3 Å². The lowest BCUT2D eigenvalue weighted by Gasteiger charge is -2.23. The standard InChI is InChI=1S/C15H30N2/c1-4-5-8-11-15(2,3)12-17-14(16)13-9-6-7-10-13/h13H,4-12H2,1-3H3,(H2,16,17). The molecule has 2 N–H and O–H groups in total. The number of nitrogens with two attached hydrogens (primary N) is 1. The Morgan fingerprint density at radius 1 is 1.24 bits per heavy atom. The van der Waals surface area contributed by atoms with Gasteiger partial charge in [-0.15, -0.1) is 0 Å². The minimum absolute atomic E-state index is 0.318. The van der Waals surface area contributed by atoms with E-state index in [1.807, 2.05) is 0 Å². The molecule has 0 aliphatic heterocycles. The van der Waals surface area contributed by atoms with Crippen LogP contribution in [0.5, 0.6) is 0 Å². The van der Waals surface area contributed by atoms with E-state index in [0.717, 1.165) is 12.4 Å². The number of hydrogen-bond acceptors (Lipinski definition) is 1. The summed E-state index contributed by atoms with van der Waals surface area (Å²) in [5, 5.41) is 0. The second-order valence-electron chi connectivity index (χ2n) is 6.34. The fraction of sp³-hybridized carbons (Fsp3) is 0.933. The molecule has 0 radical (unpaired) electrons. The average Bonchev–Trinajstić information content (AvgIpc) is 2.80. The zero-order chi connectivity index (χ0) is 12.7. The normalized spacial score (nSPS) is 18.9. The van der Waals surface area contributed by atoms with Crippen LogP contribution in [0.1, 0.15) is 72.1 Å². The van der Waals surface area contributed by atoms with Gasteiger partial charge in [-0.05, 0) is 24.7 Å². The molecule has 0 aromatic carbocycles. The molecule has 0 amide bonds. The average molecular weight is 238 g/mol. The van der Waals surface area contributed by atoms with E-state index in [-0.39, 0.29) is 0 Å². The lowest BCUT2D eigenvalue weighted by molar-refractivity contribution is 0.332. The van der Waals surface area contributed by atoms with Gasteiger partial charge >= 0.3 is 0 Å². The van der Waals surface area contributed by atoms with Gasteiger partial charge in [0.25, 0.3) is 0 Å². The summed E-state index contributed by atoms with van der Waals surface area (Å²) in [7, 11) is 0. The van der Waals surface area contributed by atoms with Crippen LogP contribution in [0.2, 0.25) is 0 Å². The molecule has 0 heterocycles. The summed E-state index contributed by atoms with van der Waals surface area (Å²) >= 11 is 0. The molecule has 1 aliphatic carbocycles. The zero-order valence-electron chi connectivity index (χ0n) is 12.0. The van der Waals surface area contributed by atoms with Crippen molar-refractivity contribution in [2.75, 3.05) is 6.54 Å². The molecule has 1 aliphatic rings. The van der Waals surface area contributed by atoms with Crippen LogP contribution < -0.4 is 5.73 Å². The maximum atomic E-state index is 6.09. The Bertz CT molecular complexity index is 237. The zero-order valence-corrected chi connectivity index (χ0v) is 12.0. The number of aliphatic imine (C=N–C) groups is 1. The third-order valence-electron chi connectivity index (χ3n) is 3.92. The van der Waals surface area contributed by atoms with E-state index < -0.39 is 0 Å². The first-order valence-electron chi connectivity index (χ1n) is 7.35. The van der Waals surface area contributed by atoms with Crippen LogP contribution in [-0.2, 0) is 0 Å². The quantitative estimate of drug-likeness (QED) is 0.404. The highest BCUT2D eigenvalue weighted by Crippen LogP contribution is 2.27. The number of rotatable bonds is 7. The van der Waals surface area contributed by atoms with Crippen molar-refractivity contribution in [3.63, 3.8) is 0 Å². The minimum atomic E-state index is 0.318. The molecular weight excluding hydrogens is 208 g/mol. The van der Waals surface area contributed by atoms with Crippen molar-refractivity contribution < 1.29 is 0 Å². The van der Waals surface area contributed by atoms with Crippen molar-refractivity contribution in [2.45, 2.75) is 72.1 Å². The largest absolute Gasteiger partial charge is 0.387 e. The molecule has 2 heteroatoms. The Labute approximate surface area is 107 Å². The summed E-state index contributed by atoms with van der Waals surface area (Å²) in [6.45, 7) is 7.78. The molecule has 0 aromatic rings. The highest BCUT2D eigenvalue weighted by Gasteiger charge is 2.21. The van der Waals surface area contributed by atoms with Crippen molar-refractivity contribution in [1.82, 2.24) is 0 Å². The number of nitrogens with zero attached hydrogens (tertiary/aromatic N) is 1. The van der Waals surface area contributed by atoms with Crippen molar-refractivity contribution in [1.29, 1.82) is 0 Å². The van der Waals surface area contributed by atoms with E-state index in [1.54, 1.807) is 0 Å².